The average molecular weight is 743 g/mol. The van der Waals surface area contributed by atoms with Crippen molar-refractivity contribution in [1.29, 1.82) is 0 Å². The van der Waals surface area contributed by atoms with Crippen molar-refractivity contribution in [3.63, 3.8) is 0 Å². The molecule has 5 atom stereocenters. The minimum atomic E-state index is -1.10. The first-order chi connectivity index (χ1) is 25.7. The van der Waals surface area contributed by atoms with Gasteiger partial charge in [0, 0.05) is 59.5 Å². The first-order valence-corrected chi connectivity index (χ1v) is 18.4. The molecule has 0 unspecified atom stereocenters. The van der Waals surface area contributed by atoms with Gasteiger partial charge in [0.1, 0.15) is 54.3 Å². The molecule has 1 saturated heterocycles. The quantitative estimate of drug-likeness (QED) is 0.176. The number of fused-ring (bicyclic) bond motifs is 6. The van der Waals surface area contributed by atoms with Crippen molar-refractivity contribution < 1.29 is 48.0 Å². The third kappa shape index (κ3) is 7.04. The van der Waals surface area contributed by atoms with E-state index in [1.165, 1.54) is 5.06 Å². The Morgan fingerprint density at radius 2 is 1.63 bits per heavy atom. The molecule has 4 aliphatic heterocycles. The largest absolute Gasteiger partial charge is 0.493 e. The van der Waals surface area contributed by atoms with Gasteiger partial charge in [0.2, 0.25) is 0 Å². The van der Waals surface area contributed by atoms with Crippen molar-refractivity contribution in [3.8, 4) is 28.7 Å². The minimum absolute atomic E-state index is 0.161. The molecular formula is C42H50N2O10. The summed E-state index contributed by atoms with van der Waals surface area (Å²) in [5.74, 6) is 1.71. The van der Waals surface area contributed by atoms with Crippen LogP contribution in [0.15, 0.2) is 66.7 Å². The summed E-state index contributed by atoms with van der Waals surface area (Å²) in [4.78, 5) is 28.2. The molecule has 2 N–H and O–H groups in total. The molecule has 288 valence electrons. The monoisotopic (exact) mass is 742 g/mol. The van der Waals surface area contributed by atoms with E-state index in [-0.39, 0.29) is 19.1 Å². The van der Waals surface area contributed by atoms with Gasteiger partial charge in [0.25, 0.3) is 0 Å². The van der Waals surface area contributed by atoms with Crippen LogP contribution in [0.1, 0.15) is 81.7 Å². The van der Waals surface area contributed by atoms with Gasteiger partial charge in [-0.05, 0) is 64.0 Å². The summed E-state index contributed by atoms with van der Waals surface area (Å²) in [5, 5.41) is 15.0. The maximum atomic E-state index is 14.6. The number of nitrogens with one attached hydrogen (secondary N) is 1. The van der Waals surface area contributed by atoms with Crippen LogP contribution in [0.2, 0.25) is 0 Å². The lowest BCUT2D eigenvalue weighted by Crippen LogP contribution is -2.61. The number of benzene rings is 3. The zero-order valence-corrected chi connectivity index (χ0v) is 32.0. The molecule has 3 aromatic carbocycles. The van der Waals surface area contributed by atoms with Gasteiger partial charge in [-0.15, -0.1) is 0 Å². The highest BCUT2D eigenvalue weighted by Crippen LogP contribution is 2.55. The van der Waals surface area contributed by atoms with Crippen molar-refractivity contribution in [2.24, 2.45) is 0 Å². The molecule has 12 nitrogen and oxygen atoms in total. The minimum Gasteiger partial charge on any atom is -0.493 e. The average Bonchev–Trinajstić information content (AvgIpc) is 3.58. The molecule has 12 heteroatoms. The molecule has 0 bridgehead atoms. The van der Waals surface area contributed by atoms with Crippen molar-refractivity contribution in [2.75, 3.05) is 20.8 Å². The van der Waals surface area contributed by atoms with Crippen molar-refractivity contribution in [1.82, 2.24) is 10.4 Å². The van der Waals surface area contributed by atoms with Crippen LogP contribution in [0, 0.1) is 0 Å². The Labute approximate surface area is 316 Å². The Kier molecular flexibility index (Phi) is 9.95. The Hall–Kier alpha value is -4.94. The fraction of sp³-hybridized carbons (Fsp3) is 0.476. The van der Waals surface area contributed by atoms with Crippen LogP contribution in [-0.2, 0) is 27.1 Å². The van der Waals surface area contributed by atoms with E-state index in [2.05, 4.69) is 11.9 Å². The summed E-state index contributed by atoms with van der Waals surface area (Å²) in [7, 11) is 3.12. The number of rotatable bonds is 9. The summed E-state index contributed by atoms with van der Waals surface area (Å²) in [5.41, 5.74) is 2.74. The maximum Gasteiger partial charge on any atom is 0.408 e. The molecular weight excluding hydrogens is 692 g/mol. The number of carbonyl (C=O) groups is 2. The molecule has 0 saturated carbocycles. The number of hydroxylamine groups is 2. The lowest BCUT2D eigenvalue weighted by Gasteiger charge is -2.50. The summed E-state index contributed by atoms with van der Waals surface area (Å²) in [6.07, 6.45) is -1.28. The van der Waals surface area contributed by atoms with E-state index >= 15 is 0 Å². The second-order valence-electron chi connectivity index (χ2n) is 16.0. The zero-order valence-electron chi connectivity index (χ0n) is 32.0. The van der Waals surface area contributed by atoms with E-state index in [9.17, 15) is 14.8 Å². The molecule has 3 aromatic rings. The Morgan fingerprint density at radius 3 is 2.30 bits per heavy atom. The number of piperidine rings is 1. The lowest BCUT2D eigenvalue weighted by molar-refractivity contribution is -0.256. The predicted octanol–water partition coefficient (Wildman–Crippen LogP) is 6.85. The molecule has 0 radical (unpaired) electrons. The highest BCUT2D eigenvalue weighted by Gasteiger charge is 2.49. The van der Waals surface area contributed by atoms with Crippen LogP contribution in [-0.4, -0.2) is 78.6 Å². The number of hydrogen-bond acceptors (Lipinski definition) is 11. The van der Waals surface area contributed by atoms with Gasteiger partial charge in [0.05, 0.1) is 20.1 Å². The van der Waals surface area contributed by atoms with Gasteiger partial charge in [0.15, 0.2) is 11.5 Å². The van der Waals surface area contributed by atoms with E-state index in [1.807, 2.05) is 83.1 Å². The SMILES string of the molecule is C=C(C)[C@H]1Cc2c(ccc3c2O[C@@H]2COc4cc(OC)c(OC)cc4[C@@H]2[C@@H]3OC(=O)[C@H](Cc2ccccc2)NC(=O)OC2CC(C)(C)N(O)C(C)(C)C2)O1. The van der Waals surface area contributed by atoms with E-state index in [4.69, 9.17) is 33.2 Å². The second kappa shape index (κ2) is 14.4. The Bertz CT molecular complexity index is 1910. The van der Waals surface area contributed by atoms with Gasteiger partial charge in [-0.3, -0.25) is 0 Å². The molecule has 4 aliphatic rings. The van der Waals surface area contributed by atoms with Gasteiger partial charge < -0.3 is 43.7 Å². The molecule has 7 rings (SSSR count). The lowest BCUT2D eigenvalue weighted by atomic mass is 9.79. The van der Waals surface area contributed by atoms with Gasteiger partial charge in [-0.1, -0.05) is 36.9 Å². The summed E-state index contributed by atoms with van der Waals surface area (Å²) < 4.78 is 43.0. The summed E-state index contributed by atoms with van der Waals surface area (Å²) in [6, 6.07) is 15.7. The van der Waals surface area contributed by atoms with Crippen molar-refractivity contribution in [2.45, 2.75) is 108 Å². The third-order valence-electron chi connectivity index (χ3n) is 11.0. The standard InChI is InChI=1S/C42H50N2O10/c1-23(2)31-18-28-30(52-31)15-14-26-37(28)53-35-22-50-32-19-34(49-8)33(48-7)17-27(32)36(35)38(26)54-39(45)29(16-24-12-10-9-11-13-24)43-40(46)51-25-20-41(3,4)44(47)42(5,6)21-25/h9-15,17,19,25,29,31,35-36,38,47H,1,16,18,20-22H2,2-8H3,(H,43,46)/t29-,31+,35+,36-,38+/m0/s1. The maximum absolute atomic E-state index is 14.6. The van der Waals surface area contributed by atoms with Crippen LogP contribution in [0.3, 0.4) is 0 Å². The molecule has 0 aromatic heterocycles. The van der Waals surface area contributed by atoms with Crippen molar-refractivity contribution in [3.05, 3.63) is 89.0 Å². The fourth-order valence-corrected chi connectivity index (χ4v) is 8.47. The van der Waals surface area contributed by atoms with E-state index in [1.54, 1.807) is 20.3 Å². The van der Waals surface area contributed by atoms with E-state index in [0.29, 0.717) is 53.6 Å². The Balaban J connectivity index is 1.23. The zero-order chi connectivity index (χ0) is 38.5. The molecule has 54 heavy (non-hydrogen) atoms. The number of nitrogens with zero attached hydrogens (tertiary/aromatic N) is 1. The normalized spacial score (nSPS) is 24.1. The first kappa shape index (κ1) is 37.4. The van der Waals surface area contributed by atoms with E-state index in [0.717, 1.165) is 22.3 Å². The van der Waals surface area contributed by atoms with Gasteiger partial charge in [-0.2, -0.15) is 5.06 Å². The third-order valence-corrected chi connectivity index (χ3v) is 11.0. The topological polar surface area (TPSA) is 134 Å². The summed E-state index contributed by atoms with van der Waals surface area (Å²) >= 11 is 0. The number of amides is 1. The van der Waals surface area contributed by atoms with Crippen LogP contribution < -0.4 is 29.0 Å². The predicted molar refractivity (Wildman–Crippen MR) is 199 cm³/mol. The number of carbonyl (C=O) groups excluding carboxylic acids is 2. The second-order valence-corrected chi connectivity index (χ2v) is 16.0. The molecule has 4 heterocycles. The summed E-state index contributed by atoms with van der Waals surface area (Å²) in [6.45, 7) is 13.8. The van der Waals surface area contributed by atoms with E-state index < -0.39 is 53.4 Å². The molecule has 1 amide bonds. The van der Waals surface area contributed by atoms with Gasteiger partial charge >= 0.3 is 12.1 Å². The van der Waals surface area contributed by atoms with Crippen LogP contribution in [0.5, 0.6) is 28.7 Å². The molecule has 0 aliphatic carbocycles. The van der Waals surface area contributed by atoms with Crippen LogP contribution >= 0.6 is 0 Å². The first-order valence-electron chi connectivity index (χ1n) is 18.4. The van der Waals surface area contributed by atoms with Gasteiger partial charge in [-0.25, -0.2) is 9.59 Å². The number of methoxy groups -OCH3 is 2. The fourth-order valence-electron chi connectivity index (χ4n) is 8.47. The highest BCUT2D eigenvalue weighted by molar-refractivity contribution is 5.82. The Morgan fingerprint density at radius 1 is 0.944 bits per heavy atom. The molecule has 0 spiro atoms. The number of ether oxygens (including phenoxy) is 7. The smallest absolute Gasteiger partial charge is 0.408 e. The van der Waals surface area contributed by atoms with Crippen LogP contribution in [0.25, 0.3) is 0 Å². The number of alkyl carbamates (subject to hydrolysis) is 1. The highest BCUT2D eigenvalue weighted by atomic mass is 16.6. The molecule has 1 fully saturated rings. The van der Waals surface area contributed by atoms with Crippen molar-refractivity contribution >= 4 is 12.1 Å². The number of hydrogen-bond donors (Lipinski definition) is 2. The number of esters is 1. The van der Waals surface area contributed by atoms with Crippen LogP contribution in [0.4, 0.5) is 4.79 Å².